The second-order valence-corrected chi connectivity index (χ2v) is 9.75. The number of thioether (sulfide) groups is 1. The molecule has 0 spiro atoms. The van der Waals surface area contributed by atoms with Crippen molar-refractivity contribution < 1.29 is 4.79 Å². The smallest absolute Gasteiger partial charge is 0.285 e. The van der Waals surface area contributed by atoms with Gasteiger partial charge >= 0.3 is 0 Å². The highest BCUT2D eigenvalue weighted by atomic mass is 35.5. The lowest BCUT2D eigenvalue weighted by molar-refractivity contribution is 0.270. The number of aryl methyl sites for hydroxylation is 1. The molecule has 1 N–H and O–H groups in total. The maximum absolute atomic E-state index is 12.1. The van der Waals surface area contributed by atoms with Gasteiger partial charge in [-0.2, -0.15) is 5.10 Å². The minimum Gasteiger partial charge on any atom is -0.293 e. The van der Waals surface area contributed by atoms with E-state index in [1.165, 1.54) is 28.7 Å². The first-order chi connectivity index (χ1) is 15.1. The molecule has 1 aliphatic rings. The third kappa shape index (κ3) is 3.89. The van der Waals surface area contributed by atoms with Crippen molar-refractivity contribution >= 4 is 45.1 Å². The molecule has 31 heavy (non-hydrogen) atoms. The second-order valence-electron chi connectivity index (χ2n) is 7.07. The fraction of sp³-hybridized carbons (Fsp3) is 0.174. The van der Waals surface area contributed by atoms with Gasteiger partial charge in [0.15, 0.2) is 5.13 Å². The molecule has 2 aromatic heterocycles. The van der Waals surface area contributed by atoms with Crippen molar-refractivity contribution in [2.45, 2.75) is 19.8 Å². The standard InChI is InChI=1S/C23H19ClN4OS2/c1-2-30-23(29)26-22-25-18-12-11-17-19(14-7-4-3-5-8-14)27-28(20(17)21(18)31-22)16-10-6-9-15(24)13-16/h3-10,13H,2,11-12H2,1H3,(H,25,26,29). The van der Waals surface area contributed by atoms with Crippen molar-refractivity contribution in [2.24, 2.45) is 0 Å². The Kier molecular flexibility index (Phi) is 5.56. The second kappa shape index (κ2) is 8.49. The third-order valence-corrected chi connectivity index (χ3v) is 7.00. The fourth-order valence-corrected chi connectivity index (χ4v) is 5.55. The molecule has 0 aliphatic heterocycles. The zero-order chi connectivity index (χ0) is 21.4. The van der Waals surface area contributed by atoms with E-state index < -0.39 is 0 Å². The van der Waals surface area contributed by atoms with Crippen LogP contribution in [0.2, 0.25) is 5.02 Å². The summed E-state index contributed by atoms with van der Waals surface area (Å²) in [7, 11) is 0. The van der Waals surface area contributed by atoms with Crippen molar-refractivity contribution in [1.29, 1.82) is 0 Å². The Morgan fingerprint density at radius 2 is 2.03 bits per heavy atom. The highest BCUT2D eigenvalue weighted by Gasteiger charge is 2.30. The van der Waals surface area contributed by atoms with Gasteiger partial charge in [0, 0.05) is 16.1 Å². The number of rotatable bonds is 4. The number of hydrogen-bond donors (Lipinski definition) is 1. The molecule has 0 unspecified atom stereocenters. The van der Waals surface area contributed by atoms with E-state index in [-0.39, 0.29) is 5.24 Å². The normalized spacial score (nSPS) is 12.3. The fourth-order valence-electron chi connectivity index (χ4n) is 3.80. The molecule has 5 rings (SSSR count). The van der Waals surface area contributed by atoms with Crippen LogP contribution in [-0.4, -0.2) is 25.8 Å². The van der Waals surface area contributed by atoms with Gasteiger partial charge in [0.1, 0.15) is 0 Å². The summed E-state index contributed by atoms with van der Waals surface area (Å²) in [4.78, 5) is 17.8. The number of carbonyl (C=O) groups is 1. The summed E-state index contributed by atoms with van der Waals surface area (Å²) < 4.78 is 1.96. The van der Waals surface area contributed by atoms with Crippen LogP contribution in [0.3, 0.4) is 0 Å². The lowest BCUT2D eigenvalue weighted by Gasteiger charge is -2.14. The Balaban J connectivity index is 1.67. The Morgan fingerprint density at radius 1 is 1.19 bits per heavy atom. The summed E-state index contributed by atoms with van der Waals surface area (Å²) in [6, 6.07) is 17.9. The van der Waals surface area contributed by atoms with Crippen LogP contribution in [-0.2, 0) is 12.8 Å². The number of fused-ring (bicyclic) bond motifs is 3. The van der Waals surface area contributed by atoms with Crippen molar-refractivity contribution in [3.63, 3.8) is 0 Å². The SMILES string of the molecule is CCSC(=O)Nc1nc2c(s1)-c1c(c(-c3ccccc3)nn1-c1cccc(Cl)c1)CC2. The highest BCUT2D eigenvalue weighted by molar-refractivity contribution is 8.13. The molecule has 1 aliphatic carbocycles. The minimum atomic E-state index is -0.0813. The van der Waals surface area contributed by atoms with E-state index in [0.29, 0.717) is 10.2 Å². The van der Waals surface area contributed by atoms with Crippen LogP contribution in [0.1, 0.15) is 18.2 Å². The Bertz CT molecular complexity index is 1270. The number of thiazole rings is 1. The first kappa shape index (κ1) is 20.3. The summed E-state index contributed by atoms with van der Waals surface area (Å²) >= 11 is 9.04. The van der Waals surface area contributed by atoms with Crippen molar-refractivity contribution in [3.05, 3.63) is 70.9 Å². The summed E-state index contributed by atoms with van der Waals surface area (Å²) in [5.74, 6) is 0.725. The molecule has 0 radical (unpaired) electrons. The molecule has 0 saturated heterocycles. The number of nitrogens with zero attached hydrogens (tertiary/aromatic N) is 3. The van der Waals surface area contributed by atoms with Crippen LogP contribution in [0, 0.1) is 0 Å². The molecule has 156 valence electrons. The zero-order valence-electron chi connectivity index (χ0n) is 16.8. The van der Waals surface area contributed by atoms with Crippen molar-refractivity contribution in [2.75, 3.05) is 11.1 Å². The number of aromatic nitrogens is 3. The molecule has 5 nitrogen and oxygen atoms in total. The van der Waals surface area contributed by atoms with Crippen LogP contribution < -0.4 is 5.32 Å². The van der Waals surface area contributed by atoms with E-state index in [1.807, 2.05) is 54.1 Å². The summed E-state index contributed by atoms with van der Waals surface area (Å²) in [6.45, 7) is 1.96. The highest BCUT2D eigenvalue weighted by Crippen LogP contribution is 2.44. The maximum atomic E-state index is 12.1. The number of halogens is 1. The predicted molar refractivity (Wildman–Crippen MR) is 130 cm³/mol. The largest absolute Gasteiger partial charge is 0.293 e. The van der Waals surface area contributed by atoms with E-state index in [0.717, 1.165) is 51.8 Å². The van der Waals surface area contributed by atoms with E-state index in [2.05, 4.69) is 17.4 Å². The molecular weight excluding hydrogens is 448 g/mol. The molecule has 8 heteroatoms. The molecule has 4 aromatic rings. The Morgan fingerprint density at radius 3 is 2.81 bits per heavy atom. The zero-order valence-corrected chi connectivity index (χ0v) is 19.2. The number of benzene rings is 2. The lowest BCUT2D eigenvalue weighted by Crippen LogP contribution is -2.06. The minimum absolute atomic E-state index is 0.0813. The van der Waals surface area contributed by atoms with Gasteiger partial charge in [-0.05, 0) is 36.8 Å². The monoisotopic (exact) mass is 466 g/mol. The summed E-state index contributed by atoms with van der Waals surface area (Å²) in [6.07, 6.45) is 1.66. The van der Waals surface area contributed by atoms with Gasteiger partial charge < -0.3 is 0 Å². The van der Waals surface area contributed by atoms with Gasteiger partial charge in [0.05, 0.1) is 27.6 Å². The first-order valence-corrected chi connectivity index (χ1v) is 12.2. The van der Waals surface area contributed by atoms with Crippen LogP contribution in [0.25, 0.3) is 27.5 Å². The van der Waals surface area contributed by atoms with Gasteiger partial charge in [0.2, 0.25) is 0 Å². The van der Waals surface area contributed by atoms with E-state index in [9.17, 15) is 4.79 Å². The molecule has 1 amide bonds. The molecule has 0 fully saturated rings. The molecule has 2 aromatic carbocycles. The van der Waals surface area contributed by atoms with Crippen LogP contribution in [0.15, 0.2) is 54.6 Å². The predicted octanol–water partition coefficient (Wildman–Crippen LogP) is 6.70. The lowest BCUT2D eigenvalue weighted by atomic mass is 9.95. The quantitative estimate of drug-likeness (QED) is 0.363. The molecule has 0 saturated carbocycles. The summed E-state index contributed by atoms with van der Waals surface area (Å²) in [5.41, 5.74) is 6.19. The molecular formula is C23H19ClN4OS2. The van der Waals surface area contributed by atoms with Crippen molar-refractivity contribution in [1.82, 2.24) is 14.8 Å². The number of amides is 1. The van der Waals surface area contributed by atoms with Crippen molar-refractivity contribution in [3.8, 4) is 27.5 Å². The molecule has 0 bridgehead atoms. The molecule has 0 atom stereocenters. The number of hydrogen-bond acceptors (Lipinski definition) is 5. The van der Waals surface area contributed by atoms with Crippen LogP contribution >= 0.6 is 34.7 Å². The average Bonchev–Trinajstić information content (AvgIpc) is 3.35. The van der Waals surface area contributed by atoms with E-state index in [4.69, 9.17) is 21.7 Å². The summed E-state index contributed by atoms with van der Waals surface area (Å²) in [5, 5.41) is 9.14. The van der Waals surface area contributed by atoms with E-state index in [1.54, 1.807) is 0 Å². The molecule has 2 heterocycles. The number of nitrogens with one attached hydrogen (secondary N) is 1. The van der Waals surface area contributed by atoms with Gasteiger partial charge in [-0.3, -0.25) is 10.1 Å². The van der Waals surface area contributed by atoms with Crippen LogP contribution in [0.4, 0.5) is 9.93 Å². The van der Waals surface area contributed by atoms with E-state index >= 15 is 0 Å². The maximum Gasteiger partial charge on any atom is 0.285 e. The Hall–Kier alpha value is -2.61. The number of carbonyl (C=O) groups excluding carboxylic acids is 1. The topological polar surface area (TPSA) is 59.8 Å². The number of anilines is 1. The van der Waals surface area contributed by atoms with Gasteiger partial charge in [-0.25, -0.2) is 9.67 Å². The first-order valence-electron chi connectivity index (χ1n) is 10.0. The Labute approximate surface area is 193 Å². The van der Waals surface area contributed by atoms with Crippen LogP contribution in [0.5, 0.6) is 0 Å². The van der Waals surface area contributed by atoms with Gasteiger partial charge in [-0.15, -0.1) is 0 Å². The average molecular weight is 467 g/mol. The third-order valence-electron chi connectivity index (χ3n) is 5.09. The van der Waals surface area contributed by atoms with Gasteiger partial charge in [0.25, 0.3) is 5.24 Å². The van der Waals surface area contributed by atoms with Gasteiger partial charge in [-0.1, -0.05) is 78.0 Å².